The smallest absolute Gasteiger partial charge is 0.224 e. The molecule has 0 radical (unpaired) electrons. The molecule has 2 heterocycles. The molecule has 0 saturated carbocycles. The van der Waals surface area contributed by atoms with E-state index in [1.165, 1.54) is 0 Å². The van der Waals surface area contributed by atoms with Crippen LogP contribution in [0, 0.1) is 0 Å². The maximum atomic E-state index is 13.6. The number of para-hydroxylation sites is 1. The first-order valence-electron chi connectivity index (χ1n) is 14.3. The van der Waals surface area contributed by atoms with Crippen molar-refractivity contribution in [2.75, 3.05) is 19.6 Å². The summed E-state index contributed by atoms with van der Waals surface area (Å²) in [6, 6.07) is 28.6. The molecule has 1 aliphatic rings. The molecule has 4 aromatic rings. The number of pyridine rings is 1. The van der Waals surface area contributed by atoms with E-state index in [1.54, 1.807) is 0 Å². The molecule has 0 spiro atoms. The van der Waals surface area contributed by atoms with Crippen LogP contribution in [0.4, 0.5) is 0 Å². The van der Waals surface area contributed by atoms with Crippen molar-refractivity contribution in [3.8, 4) is 11.3 Å². The number of hydrogen-bond donors (Lipinski definition) is 1. The van der Waals surface area contributed by atoms with Crippen LogP contribution in [0.5, 0.6) is 0 Å². The van der Waals surface area contributed by atoms with E-state index in [0.29, 0.717) is 6.61 Å². The van der Waals surface area contributed by atoms with Gasteiger partial charge in [0, 0.05) is 29.6 Å². The van der Waals surface area contributed by atoms with Crippen LogP contribution >= 0.6 is 0 Å². The minimum atomic E-state index is -0.0242. The van der Waals surface area contributed by atoms with Gasteiger partial charge in [-0.15, -0.1) is 0 Å². The molecule has 0 aliphatic carbocycles. The first-order valence-corrected chi connectivity index (χ1v) is 14.3. The Kier molecular flexibility index (Phi) is 9.02. The summed E-state index contributed by atoms with van der Waals surface area (Å²) in [5.41, 5.74) is 5.99. The van der Waals surface area contributed by atoms with Gasteiger partial charge >= 0.3 is 0 Å². The molecule has 1 N–H and O–H groups in total. The number of ether oxygens (including phenoxy) is 1. The van der Waals surface area contributed by atoms with Gasteiger partial charge < -0.3 is 15.0 Å². The highest BCUT2D eigenvalue weighted by Gasteiger charge is 2.23. The fraction of sp³-hybridized carbons (Fsp3) is 0.353. The molecular weight excluding hydrogens is 482 g/mol. The number of hydrogen-bond acceptors (Lipinski definition) is 4. The maximum absolute atomic E-state index is 13.6. The molecule has 1 fully saturated rings. The molecule has 1 aliphatic heterocycles. The third-order valence-electron chi connectivity index (χ3n) is 7.89. The number of likely N-dealkylation sites (tertiary alicyclic amines) is 1. The second kappa shape index (κ2) is 13.0. The number of amides is 1. The van der Waals surface area contributed by atoms with Gasteiger partial charge in [0.1, 0.15) is 0 Å². The second-order valence-corrected chi connectivity index (χ2v) is 10.4. The monoisotopic (exact) mass is 521 g/mol. The van der Waals surface area contributed by atoms with E-state index in [0.717, 1.165) is 77.7 Å². The van der Waals surface area contributed by atoms with Crippen LogP contribution in [0.2, 0.25) is 0 Å². The predicted molar refractivity (Wildman–Crippen MR) is 158 cm³/mol. The van der Waals surface area contributed by atoms with Crippen LogP contribution in [-0.2, 0) is 22.6 Å². The van der Waals surface area contributed by atoms with Crippen LogP contribution in [0.1, 0.15) is 55.8 Å². The molecular formula is C34H39N3O2. The van der Waals surface area contributed by atoms with E-state index in [-0.39, 0.29) is 24.5 Å². The number of benzene rings is 3. The topological polar surface area (TPSA) is 54.5 Å². The van der Waals surface area contributed by atoms with Gasteiger partial charge in [0.2, 0.25) is 5.91 Å². The summed E-state index contributed by atoms with van der Waals surface area (Å²) < 4.78 is 6.57. The average molecular weight is 522 g/mol. The van der Waals surface area contributed by atoms with E-state index in [1.807, 2.05) is 54.6 Å². The fourth-order valence-corrected chi connectivity index (χ4v) is 5.62. The third-order valence-corrected chi connectivity index (χ3v) is 7.89. The highest BCUT2D eigenvalue weighted by Crippen LogP contribution is 2.32. The number of aromatic nitrogens is 1. The lowest BCUT2D eigenvalue weighted by Gasteiger charge is -2.31. The molecule has 5 nitrogen and oxygen atoms in total. The highest BCUT2D eigenvalue weighted by atomic mass is 16.5. The first-order chi connectivity index (χ1) is 19.2. The van der Waals surface area contributed by atoms with Gasteiger partial charge in [0.15, 0.2) is 0 Å². The lowest BCUT2D eigenvalue weighted by molar-refractivity contribution is -0.121. The van der Waals surface area contributed by atoms with E-state index < -0.39 is 0 Å². The molecule has 1 atom stereocenters. The SMILES string of the molecule is CC[C@H](NC(=O)Cc1c(COC2CCN(CC)CC2)c(-c2ccccc2)nc2ccccc12)c1ccccc1. The van der Waals surface area contributed by atoms with Gasteiger partial charge in [0.05, 0.1) is 36.4 Å². The van der Waals surface area contributed by atoms with E-state index >= 15 is 0 Å². The fourth-order valence-electron chi connectivity index (χ4n) is 5.62. The molecule has 1 aromatic heterocycles. The highest BCUT2D eigenvalue weighted by molar-refractivity contribution is 5.92. The number of piperidine rings is 1. The Balaban J connectivity index is 1.49. The van der Waals surface area contributed by atoms with Gasteiger partial charge in [-0.3, -0.25) is 4.79 Å². The van der Waals surface area contributed by atoms with Gasteiger partial charge in [-0.2, -0.15) is 0 Å². The van der Waals surface area contributed by atoms with Gasteiger partial charge in [0.25, 0.3) is 0 Å². The van der Waals surface area contributed by atoms with Crippen molar-refractivity contribution in [3.63, 3.8) is 0 Å². The minimum Gasteiger partial charge on any atom is -0.373 e. The van der Waals surface area contributed by atoms with Crippen LogP contribution in [0.3, 0.4) is 0 Å². The van der Waals surface area contributed by atoms with Crippen molar-refractivity contribution in [2.24, 2.45) is 0 Å². The number of nitrogens with one attached hydrogen (secondary N) is 1. The number of rotatable bonds is 10. The molecule has 39 heavy (non-hydrogen) atoms. The van der Waals surface area contributed by atoms with E-state index in [2.05, 4.69) is 54.4 Å². The Labute approximate surface area is 232 Å². The normalized spacial score (nSPS) is 15.3. The Hall–Kier alpha value is -3.54. The summed E-state index contributed by atoms with van der Waals surface area (Å²) in [5.74, 6) is 0.0126. The largest absolute Gasteiger partial charge is 0.373 e. The Morgan fingerprint density at radius 1 is 0.923 bits per heavy atom. The minimum absolute atomic E-state index is 0.0126. The Morgan fingerprint density at radius 2 is 1.59 bits per heavy atom. The van der Waals surface area contributed by atoms with Crippen molar-refractivity contribution < 1.29 is 9.53 Å². The molecule has 0 unspecified atom stereocenters. The van der Waals surface area contributed by atoms with Crippen LogP contribution in [0.15, 0.2) is 84.9 Å². The van der Waals surface area contributed by atoms with Crippen molar-refractivity contribution in [3.05, 3.63) is 102 Å². The average Bonchev–Trinajstić information content (AvgIpc) is 3.00. The standard InChI is InChI=1S/C34H39N3O2/c1-3-31(25-13-7-5-8-14-25)35-33(38)23-29-28-17-11-12-18-32(28)36-34(26-15-9-6-10-16-26)30(29)24-39-27-19-21-37(4-2)22-20-27/h5-18,27,31H,3-4,19-24H2,1-2H3,(H,35,38)/t31-/m0/s1. The summed E-state index contributed by atoms with van der Waals surface area (Å²) in [4.78, 5) is 21.2. The molecule has 1 amide bonds. The maximum Gasteiger partial charge on any atom is 0.224 e. The zero-order valence-electron chi connectivity index (χ0n) is 23.1. The molecule has 5 heteroatoms. The zero-order valence-corrected chi connectivity index (χ0v) is 23.1. The molecule has 3 aromatic carbocycles. The van der Waals surface area contributed by atoms with E-state index in [9.17, 15) is 4.79 Å². The van der Waals surface area contributed by atoms with Gasteiger partial charge in [-0.05, 0) is 43.0 Å². The summed E-state index contributed by atoms with van der Waals surface area (Å²) in [5, 5.41) is 4.31. The van der Waals surface area contributed by atoms with Crippen molar-refractivity contribution in [1.82, 2.24) is 15.2 Å². The number of fused-ring (bicyclic) bond motifs is 1. The van der Waals surface area contributed by atoms with Crippen LogP contribution < -0.4 is 5.32 Å². The van der Waals surface area contributed by atoms with Crippen molar-refractivity contribution in [2.45, 2.75) is 58.3 Å². The Bertz CT molecular complexity index is 1370. The summed E-state index contributed by atoms with van der Waals surface area (Å²) in [6.45, 7) is 7.98. The summed E-state index contributed by atoms with van der Waals surface area (Å²) >= 11 is 0. The molecule has 5 rings (SSSR count). The molecule has 202 valence electrons. The quantitative estimate of drug-likeness (QED) is 0.252. The van der Waals surface area contributed by atoms with E-state index in [4.69, 9.17) is 9.72 Å². The molecule has 0 bridgehead atoms. The number of carbonyl (C=O) groups is 1. The summed E-state index contributed by atoms with van der Waals surface area (Å²) in [6.07, 6.45) is 3.38. The lowest BCUT2D eigenvalue weighted by atomic mass is 9.94. The lowest BCUT2D eigenvalue weighted by Crippen LogP contribution is -2.36. The number of nitrogens with zero attached hydrogens (tertiary/aromatic N) is 2. The predicted octanol–water partition coefficient (Wildman–Crippen LogP) is 6.71. The third kappa shape index (κ3) is 6.55. The summed E-state index contributed by atoms with van der Waals surface area (Å²) in [7, 11) is 0. The van der Waals surface area contributed by atoms with Gasteiger partial charge in [-0.25, -0.2) is 4.98 Å². The zero-order chi connectivity index (χ0) is 27.0. The van der Waals surface area contributed by atoms with Gasteiger partial charge in [-0.1, -0.05) is 92.7 Å². The second-order valence-electron chi connectivity index (χ2n) is 10.4. The van der Waals surface area contributed by atoms with Crippen molar-refractivity contribution in [1.29, 1.82) is 0 Å². The van der Waals surface area contributed by atoms with Crippen LogP contribution in [-0.4, -0.2) is 41.5 Å². The van der Waals surface area contributed by atoms with Crippen LogP contribution in [0.25, 0.3) is 22.2 Å². The number of carbonyl (C=O) groups excluding carboxylic acids is 1. The molecule has 1 saturated heterocycles. The first kappa shape index (κ1) is 27.0. The van der Waals surface area contributed by atoms with Crippen molar-refractivity contribution >= 4 is 16.8 Å². The Morgan fingerprint density at radius 3 is 2.28 bits per heavy atom.